The van der Waals surface area contributed by atoms with Crippen LogP contribution >= 0.6 is 11.6 Å². The van der Waals surface area contributed by atoms with Gasteiger partial charge >= 0.3 is 0 Å². The number of hydrogen-bond acceptors (Lipinski definition) is 4. The highest BCUT2D eigenvalue weighted by Crippen LogP contribution is 2.28. The van der Waals surface area contributed by atoms with Gasteiger partial charge in [-0.1, -0.05) is 67.1 Å². The average molecular weight is 549 g/mol. The van der Waals surface area contributed by atoms with Gasteiger partial charge in [-0.25, -0.2) is 13.8 Å². The summed E-state index contributed by atoms with van der Waals surface area (Å²) in [6.07, 6.45) is 2.15. The zero-order valence-corrected chi connectivity index (χ0v) is 23.0. The number of para-hydroxylation sites is 2. The van der Waals surface area contributed by atoms with Gasteiger partial charge in [0.05, 0.1) is 27.5 Å². The van der Waals surface area contributed by atoms with Crippen molar-refractivity contribution in [2.45, 2.75) is 32.1 Å². The minimum atomic E-state index is -4.00. The van der Waals surface area contributed by atoms with E-state index in [0.717, 1.165) is 32.5 Å². The Kier molecular flexibility index (Phi) is 8.34. The van der Waals surface area contributed by atoms with Crippen LogP contribution in [-0.4, -0.2) is 31.7 Å². The summed E-state index contributed by atoms with van der Waals surface area (Å²) in [6.45, 7) is 5.42. The third-order valence-corrected chi connectivity index (χ3v) is 8.31. The number of nitrogens with zero attached hydrogens (tertiary/aromatic N) is 3. The van der Waals surface area contributed by atoms with Crippen LogP contribution in [-0.2, 0) is 21.2 Å². The highest BCUT2D eigenvalue weighted by molar-refractivity contribution is 7.92. The molecule has 4 rings (SSSR count). The summed E-state index contributed by atoms with van der Waals surface area (Å²) in [5, 5.41) is 4.75. The topological polar surface area (TPSA) is 83.8 Å². The lowest BCUT2D eigenvalue weighted by Gasteiger charge is -2.25. The van der Waals surface area contributed by atoms with Crippen LogP contribution in [0.4, 0.5) is 5.69 Å². The third-order valence-electron chi connectivity index (χ3n) is 6.22. The van der Waals surface area contributed by atoms with Crippen molar-refractivity contribution >= 4 is 39.4 Å². The van der Waals surface area contributed by atoms with Crippen molar-refractivity contribution in [2.75, 3.05) is 10.8 Å². The Morgan fingerprint density at radius 3 is 2.37 bits per heavy atom. The van der Waals surface area contributed by atoms with Gasteiger partial charge in [-0.15, -0.1) is 0 Å². The normalized spacial score (nSPS) is 11.6. The van der Waals surface area contributed by atoms with Crippen LogP contribution in [0.1, 0.15) is 29.4 Å². The summed E-state index contributed by atoms with van der Waals surface area (Å²) < 4.78 is 30.3. The molecule has 0 aliphatic rings. The van der Waals surface area contributed by atoms with Gasteiger partial charge in [0.15, 0.2) is 0 Å². The fourth-order valence-electron chi connectivity index (χ4n) is 4.33. The zero-order chi connectivity index (χ0) is 27.3. The quantitative estimate of drug-likeness (QED) is 0.216. The van der Waals surface area contributed by atoms with Crippen LogP contribution < -0.4 is 9.73 Å². The summed E-state index contributed by atoms with van der Waals surface area (Å²) >= 11 is 6.39. The monoisotopic (exact) mass is 548 g/mol. The molecule has 7 nitrogen and oxygen atoms in total. The first-order chi connectivity index (χ1) is 18.2. The number of nitrogens with one attached hydrogen (secondary N) is 1. The molecule has 4 aromatic rings. The SMILES string of the molecule is CCc1ccccc1N(CC(=O)N/N=C\c1cc(C)n(-c2ccccc2Cl)c1C)S(=O)(=O)c1ccccc1. The van der Waals surface area contributed by atoms with Crippen LogP contribution in [0.25, 0.3) is 5.69 Å². The van der Waals surface area contributed by atoms with Gasteiger partial charge in [-0.2, -0.15) is 5.10 Å². The van der Waals surface area contributed by atoms with E-state index in [0.29, 0.717) is 17.1 Å². The minimum Gasteiger partial charge on any atom is -0.316 e. The van der Waals surface area contributed by atoms with Crippen LogP contribution in [0, 0.1) is 13.8 Å². The molecule has 0 unspecified atom stereocenters. The van der Waals surface area contributed by atoms with Crippen molar-refractivity contribution in [3.8, 4) is 5.69 Å². The van der Waals surface area contributed by atoms with E-state index in [-0.39, 0.29) is 4.90 Å². The van der Waals surface area contributed by atoms with Gasteiger partial charge in [-0.05, 0) is 62.2 Å². The van der Waals surface area contributed by atoms with Crippen molar-refractivity contribution in [1.82, 2.24) is 9.99 Å². The number of rotatable bonds is 9. The molecule has 0 atom stereocenters. The molecule has 38 heavy (non-hydrogen) atoms. The molecular weight excluding hydrogens is 520 g/mol. The maximum absolute atomic E-state index is 13.6. The van der Waals surface area contributed by atoms with Crippen LogP contribution in [0.15, 0.2) is 94.9 Å². The van der Waals surface area contributed by atoms with Crippen LogP contribution in [0.3, 0.4) is 0 Å². The van der Waals surface area contributed by atoms with Crippen molar-refractivity contribution in [3.63, 3.8) is 0 Å². The lowest BCUT2D eigenvalue weighted by atomic mass is 10.1. The zero-order valence-electron chi connectivity index (χ0n) is 21.4. The van der Waals surface area contributed by atoms with E-state index in [1.54, 1.807) is 36.5 Å². The molecule has 0 fully saturated rings. The number of carbonyl (C=O) groups is 1. The largest absolute Gasteiger partial charge is 0.316 e. The van der Waals surface area contributed by atoms with Gasteiger partial charge in [0, 0.05) is 17.0 Å². The predicted molar refractivity (Wildman–Crippen MR) is 153 cm³/mol. The number of benzene rings is 3. The standard InChI is InChI=1S/C29H29ClN4O3S/c1-4-23-12-8-10-16-27(23)33(38(36,37)25-13-6-5-7-14-25)20-29(35)32-31-19-24-18-21(2)34(22(24)3)28-17-11-9-15-26(28)30/h5-19H,4,20H2,1-3H3,(H,32,35)/b31-19-. The van der Waals surface area contributed by atoms with Crippen molar-refractivity contribution in [2.24, 2.45) is 5.10 Å². The van der Waals surface area contributed by atoms with E-state index in [1.165, 1.54) is 12.1 Å². The molecule has 0 aliphatic carbocycles. The summed E-state index contributed by atoms with van der Waals surface area (Å²) in [4.78, 5) is 13.1. The second-order valence-electron chi connectivity index (χ2n) is 8.71. The number of carbonyl (C=O) groups excluding carboxylic acids is 1. The van der Waals surface area contributed by atoms with Crippen molar-refractivity contribution in [1.29, 1.82) is 0 Å². The number of halogens is 1. The molecular formula is C29H29ClN4O3S. The van der Waals surface area contributed by atoms with Crippen molar-refractivity contribution < 1.29 is 13.2 Å². The minimum absolute atomic E-state index is 0.106. The summed E-state index contributed by atoms with van der Waals surface area (Å²) in [5.74, 6) is -0.563. The average Bonchev–Trinajstić information content (AvgIpc) is 3.20. The van der Waals surface area contributed by atoms with Gasteiger partial charge in [-0.3, -0.25) is 9.10 Å². The molecule has 1 amide bonds. The molecule has 196 valence electrons. The number of aryl methyl sites for hydroxylation is 2. The molecule has 1 N–H and O–H groups in total. The number of hydrogen-bond donors (Lipinski definition) is 1. The fourth-order valence-corrected chi connectivity index (χ4v) is 6.03. The molecule has 0 saturated carbocycles. The smallest absolute Gasteiger partial charge is 0.264 e. The molecule has 9 heteroatoms. The van der Waals surface area contributed by atoms with E-state index in [1.807, 2.05) is 67.8 Å². The first kappa shape index (κ1) is 27.2. The fraction of sp³-hybridized carbons (Fsp3) is 0.172. The first-order valence-electron chi connectivity index (χ1n) is 12.2. The highest BCUT2D eigenvalue weighted by atomic mass is 35.5. The van der Waals surface area contributed by atoms with E-state index >= 15 is 0 Å². The van der Waals surface area contributed by atoms with E-state index in [2.05, 4.69) is 10.5 Å². The Balaban J connectivity index is 1.58. The Bertz CT molecular complexity index is 1580. The summed E-state index contributed by atoms with van der Waals surface area (Å²) in [5.41, 5.74) is 7.27. The number of aromatic nitrogens is 1. The maximum Gasteiger partial charge on any atom is 0.264 e. The van der Waals surface area contributed by atoms with Crippen molar-refractivity contribution in [3.05, 3.63) is 112 Å². The number of sulfonamides is 1. The Morgan fingerprint density at radius 2 is 1.66 bits per heavy atom. The number of hydrazone groups is 1. The molecule has 0 bridgehead atoms. The molecule has 0 aliphatic heterocycles. The molecule has 0 radical (unpaired) electrons. The Morgan fingerprint density at radius 1 is 1.00 bits per heavy atom. The number of amides is 1. The summed E-state index contributed by atoms with van der Waals surface area (Å²) in [7, 11) is -4.00. The van der Waals surface area contributed by atoms with Gasteiger partial charge < -0.3 is 4.57 Å². The van der Waals surface area contributed by atoms with Gasteiger partial charge in [0.2, 0.25) is 0 Å². The van der Waals surface area contributed by atoms with E-state index in [9.17, 15) is 13.2 Å². The van der Waals surface area contributed by atoms with E-state index in [4.69, 9.17) is 11.6 Å². The van der Waals surface area contributed by atoms with Gasteiger partial charge in [0.25, 0.3) is 15.9 Å². The maximum atomic E-state index is 13.6. The highest BCUT2D eigenvalue weighted by Gasteiger charge is 2.28. The molecule has 1 aromatic heterocycles. The first-order valence-corrected chi connectivity index (χ1v) is 14.0. The second-order valence-corrected chi connectivity index (χ2v) is 11.0. The predicted octanol–water partition coefficient (Wildman–Crippen LogP) is 5.66. The Hall–Kier alpha value is -3.88. The second kappa shape index (κ2) is 11.7. The molecule has 0 spiro atoms. The molecule has 0 saturated heterocycles. The Labute approximate surface area is 228 Å². The van der Waals surface area contributed by atoms with Gasteiger partial charge in [0.1, 0.15) is 6.54 Å². The molecule has 3 aromatic carbocycles. The lowest BCUT2D eigenvalue weighted by Crippen LogP contribution is -2.40. The van der Waals surface area contributed by atoms with Crippen LogP contribution in [0.2, 0.25) is 5.02 Å². The summed E-state index contributed by atoms with van der Waals surface area (Å²) in [6, 6.07) is 24.7. The third kappa shape index (κ3) is 5.66. The molecule has 1 heterocycles. The lowest BCUT2D eigenvalue weighted by molar-refractivity contribution is -0.119. The van der Waals surface area contributed by atoms with Crippen LogP contribution in [0.5, 0.6) is 0 Å². The number of anilines is 1. The van der Waals surface area contributed by atoms with E-state index < -0.39 is 22.5 Å².